The van der Waals surface area contributed by atoms with Gasteiger partial charge >= 0.3 is 6.01 Å². The van der Waals surface area contributed by atoms with Crippen LogP contribution in [0.4, 0.5) is 5.82 Å². The summed E-state index contributed by atoms with van der Waals surface area (Å²) >= 11 is 0. The quantitative estimate of drug-likeness (QED) is 0.266. The topological polar surface area (TPSA) is 142 Å². The SMILES string of the molecule is Cc1ccc(-c2c(OCCOc3ncc(S(C)(=O)=O)cn3)nn(C)c2NS(=O)(=O)c2ccc(C(C)(C)C)cc2)cc1. The zero-order valence-electron chi connectivity index (χ0n) is 23.7. The summed E-state index contributed by atoms with van der Waals surface area (Å²) in [5, 5.41) is 4.43. The second kappa shape index (κ2) is 11.5. The number of sulfone groups is 1. The average molecular weight is 600 g/mol. The zero-order chi connectivity index (χ0) is 30.0. The number of rotatable bonds is 10. The maximum atomic E-state index is 13.4. The fourth-order valence-electron chi connectivity index (χ4n) is 3.86. The first-order valence-corrected chi connectivity index (χ1v) is 16.1. The van der Waals surface area contributed by atoms with Gasteiger partial charge in [0, 0.05) is 13.3 Å². The largest absolute Gasteiger partial charge is 0.472 e. The molecule has 0 bridgehead atoms. The second-order valence-corrected chi connectivity index (χ2v) is 14.3. The van der Waals surface area contributed by atoms with E-state index in [1.165, 1.54) is 17.1 Å². The van der Waals surface area contributed by atoms with Crippen molar-refractivity contribution in [1.82, 2.24) is 19.7 Å². The Kier molecular flexibility index (Phi) is 8.41. The molecule has 13 heteroatoms. The number of nitrogens with zero attached hydrogens (tertiary/aromatic N) is 4. The Morgan fingerprint density at radius 1 is 0.854 bits per heavy atom. The van der Waals surface area contributed by atoms with Crippen LogP contribution in [0.2, 0.25) is 0 Å². The molecule has 4 rings (SSSR count). The number of sulfonamides is 1. The molecule has 2 heterocycles. The lowest BCUT2D eigenvalue weighted by Crippen LogP contribution is -2.17. The highest BCUT2D eigenvalue weighted by Gasteiger charge is 2.25. The van der Waals surface area contributed by atoms with Crippen LogP contribution in [0.15, 0.2) is 70.7 Å². The van der Waals surface area contributed by atoms with Crippen molar-refractivity contribution in [2.24, 2.45) is 7.05 Å². The van der Waals surface area contributed by atoms with Crippen molar-refractivity contribution in [3.63, 3.8) is 0 Å². The van der Waals surface area contributed by atoms with Crippen molar-refractivity contribution < 1.29 is 26.3 Å². The second-order valence-electron chi connectivity index (χ2n) is 10.6. The summed E-state index contributed by atoms with van der Waals surface area (Å²) in [5.41, 5.74) is 3.12. The molecule has 0 aliphatic carbocycles. The molecule has 2 aromatic heterocycles. The van der Waals surface area contributed by atoms with E-state index in [1.807, 2.05) is 43.3 Å². The van der Waals surface area contributed by atoms with Gasteiger partial charge in [-0.05, 0) is 35.6 Å². The van der Waals surface area contributed by atoms with Crippen LogP contribution in [-0.2, 0) is 32.3 Å². The number of hydrogen-bond acceptors (Lipinski definition) is 9. The van der Waals surface area contributed by atoms with Crippen LogP contribution in [0.3, 0.4) is 0 Å². The molecule has 41 heavy (non-hydrogen) atoms. The van der Waals surface area contributed by atoms with Crippen LogP contribution in [0.5, 0.6) is 11.9 Å². The van der Waals surface area contributed by atoms with Crippen LogP contribution in [0.25, 0.3) is 11.1 Å². The van der Waals surface area contributed by atoms with Crippen molar-refractivity contribution in [2.45, 2.75) is 42.9 Å². The molecule has 2 aromatic carbocycles. The molecular weight excluding hydrogens is 566 g/mol. The molecule has 0 saturated heterocycles. The van der Waals surface area contributed by atoms with Crippen LogP contribution in [0.1, 0.15) is 31.9 Å². The smallest absolute Gasteiger partial charge is 0.316 e. The van der Waals surface area contributed by atoms with Gasteiger partial charge in [0.2, 0.25) is 5.88 Å². The third-order valence-electron chi connectivity index (χ3n) is 6.20. The Bertz CT molecular complexity index is 1730. The summed E-state index contributed by atoms with van der Waals surface area (Å²) in [5.74, 6) is 0.443. The summed E-state index contributed by atoms with van der Waals surface area (Å²) in [6.45, 7) is 8.21. The Morgan fingerprint density at radius 2 is 1.44 bits per heavy atom. The molecule has 11 nitrogen and oxygen atoms in total. The molecule has 0 atom stereocenters. The number of anilines is 1. The molecule has 0 radical (unpaired) electrons. The fourth-order valence-corrected chi connectivity index (χ4v) is 5.45. The lowest BCUT2D eigenvalue weighted by Gasteiger charge is -2.19. The third kappa shape index (κ3) is 7.22. The van der Waals surface area contributed by atoms with E-state index in [0.29, 0.717) is 11.1 Å². The molecule has 0 unspecified atom stereocenters. The molecule has 1 N–H and O–H groups in total. The summed E-state index contributed by atoms with van der Waals surface area (Å²) in [6, 6.07) is 14.3. The van der Waals surface area contributed by atoms with E-state index in [1.54, 1.807) is 19.2 Å². The Hall–Kier alpha value is -3.97. The van der Waals surface area contributed by atoms with E-state index in [4.69, 9.17) is 9.47 Å². The van der Waals surface area contributed by atoms with Crippen LogP contribution in [0, 0.1) is 6.92 Å². The summed E-state index contributed by atoms with van der Waals surface area (Å²) in [6.07, 6.45) is 3.40. The van der Waals surface area contributed by atoms with Gasteiger partial charge in [-0.1, -0.05) is 62.7 Å². The van der Waals surface area contributed by atoms with Gasteiger partial charge in [-0.25, -0.2) is 31.5 Å². The highest BCUT2D eigenvalue weighted by Crippen LogP contribution is 2.38. The van der Waals surface area contributed by atoms with Gasteiger partial charge in [0.25, 0.3) is 10.0 Å². The Morgan fingerprint density at radius 3 is 2.00 bits per heavy atom. The molecule has 0 fully saturated rings. The standard InChI is InChI=1S/C28H33N5O6S2/c1-19-7-9-20(10-8-19)24-25(32-41(36,37)22-13-11-21(12-14-22)28(2,3)4)33(5)31-26(24)38-15-16-39-27-29-17-23(18-30-27)40(6,34)35/h7-14,17-18,32H,15-16H2,1-6H3. The molecule has 218 valence electrons. The minimum Gasteiger partial charge on any atom is -0.472 e. The fraction of sp³-hybridized carbons (Fsp3) is 0.321. The lowest BCUT2D eigenvalue weighted by molar-refractivity contribution is 0.201. The van der Waals surface area contributed by atoms with Crippen molar-refractivity contribution >= 4 is 25.7 Å². The van der Waals surface area contributed by atoms with E-state index in [-0.39, 0.29) is 46.1 Å². The average Bonchev–Trinajstić information content (AvgIpc) is 3.20. The van der Waals surface area contributed by atoms with Gasteiger partial charge in [0.05, 0.1) is 22.9 Å². The van der Waals surface area contributed by atoms with Crippen molar-refractivity contribution in [1.29, 1.82) is 0 Å². The lowest BCUT2D eigenvalue weighted by atomic mass is 9.87. The van der Waals surface area contributed by atoms with E-state index in [0.717, 1.165) is 17.4 Å². The highest BCUT2D eigenvalue weighted by molar-refractivity contribution is 7.92. The summed E-state index contributed by atoms with van der Waals surface area (Å²) < 4.78 is 65.5. The van der Waals surface area contributed by atoms with Gasteiger partial charge in [-0.3, -0.25) is 4.72 Å². The molecule has 0 saturated carbocycles. The molecule has 0 aliphatic rings. The van der Waals surface area contributed by atoms with Crippen molar-refractivity contribution in [3.05, 3.63) is 72.1 Å². The van der Waals surface area contributed by atoms with Crippen LogP contribution in [-0.4, -0.2) is 56.1 Å². The number of nitrogens with one attached hydrogen (secondary N) is 1. The van der Waals surface area contributed by atoms with E-state index in [9.17, 15) is 16.8 Å². The van der Waals surface area contributed by atoms with Gasteiger partial charge in [-0.15, -0.1) is 5.10 Å². The van der Waals surface area contributed by atoms with E-state index in [2.05, 4.69) is 40.6 Å². The molecule has 0 spiro atoms. The maximum Gasteiger partial charge on any atom is 0.316 e. The predicted octanol–water partition coefficient (Wildman–Crippen LogP) is 4.15. The molecular formula is C28H33N5O6S2. The predicted molar refractivity (Wildman–Crippen MR) is 155 cm³/mol. The number of ether oxygens (including phenoxy) is 2. The minimum absolute atomic E-state index is 0.00768. The zero-order valence-corrected chi connectivity index (χ0v) is 25.4. The maximum absolute atomic E-state index is 13.4. The van der Waals surface area contributed by atoms with Crippen LogP contribution >= 0.6 is 0 Å². The van der Waals surface area contributed by atoms with Crippen molar-refractivity contribution in [3.8, 4) is 23.0 Å². The number of aryl methyl sites for hydroxylation is 2. The first kappa shape index (κ1) is 30.0. The van der Waals surface area contributed by atoms with E-state index < -0.39 is 19.9 Å². The van der Waals surface area contributed by atoms with Crippen molar-refractivity contribution in [2.75, 3.05) is 24.2 Å². The molecule has 0 amide bonds. The molecule has 4 aromatic rings. The number of hydrogen-bond donors (Lipinski definition) is 1. The monoisotopic (exact) mass is 599 g/mol. The third-order valence-corrected chi connectivity index (χ3v) is 8.62. The van der Waals surface area contributed by atoms with Gasteiger partial charge in [0.15, 0.2) is 9.84 Å². The van der Waals surface area contributed by atoms with Gasteiger partial charge in [-0.2, -0.15) is 0 Å². The normalized spacial score (nSPS) is 12.2. The first-order chi connectivity index (χ1) is 19.1. The number of benzene rings is 2. The Labute approximate surface area is 240 Å². The van der Waals surface area contributed by atoms with Crippen LogP contribution < -0.4 is 14.2 Å². The minimum atomic E-state index is -3.95. The van der Waals surface area contributed by atoms with Gasteiger partial charge < -0.3 is 9.47 Å². The van der Waals surface area contributed by atoms with E-state index >= 15 is 0 Å². The highest BCUT2D eigenvalue weighted by atomic mass is 32.2. The first-order valence-electron chi connectivity index (χ1n) is 12.7. The van der Waals surface area contributed by atoms with Gasteiger partial charge in [0.1, 0.15) is 23.9 Å². The Balaban J connectivity index is 1.57. The molecule has 0 aliphatic heterocycles. The summed E-state index contributed by atoms with van der Waals surface area (Å²) in [4.78, 5) is 7.92. The summed E-state index contributed by atoms with van der Waals surface area (Å²) in [7, 11) is -5.75. The number of aromatic nitrogens is 4.